The average Bonchev–Trinajstić information content (AvgIpc) is 3.83. The molecule has 2 aromatic rings. The van der Waals surface area contributed by atoms with Gasteiger partial charge in [-0.1, -0.05) is 6.16 Å². The van der Waals surface area contributed by atoms with Gasteiger partial charge in [0.1, 0.15) is 0 Å². The van der Waals surface area contributed by atoms with Gasteiger partial charge in [-0.2, -0.15) is 41.5 Å². The Morgan fingerprint density at radius 1 is 0.711 bits per heavy atom. The van der Waals surface area contributed by atoms with Crippen molar-refractivity contribution in [2.75, 3.05) is 26.2 Å². The van der Waals surface area contributed by atoms with E-state index in [1.165, 1.54) is 45.2 Å². The van der Waals surface area contributed by atoms with Crippen LogP contribution in [0.25, 0.3) is 0 Å². The normalized spacial score (nSPS) is 44.3. The van der Waals surface area contributed by atoms with E-state index in [0.717, 1.165) is 57.7 Å². The van der Waals surface area contributed by atoms with Crippen molar-refractivity contribution >= 4 is 17.2 Å². The van der Waals surface area contributed by atoms with E-state index in [-0.39, 0.29) is 30.1 Å². The molecule has 10 fully saturated rings. The van der Waals surface area contributed by atoms with Crippen molar-refractivity contribution in [3.8, 4) is 0 Å². The zero-order valence-electron chi connectivity index (χ0n) is 27.6. The Morgan fingerprint density at radius 2 is 1.16 bits per heavy atom. The molecule has 5 heteroatoms. The monoisotopic (exact) mass is 684 g/mol. The fourth-order valence-electron chi connectivity index (χ4n) is 14.0. The molecule has 2 N–H and O–H groups in total. The molecule has 8 aliphatic carbocycles. The van der Waals surface area contributed by atoms with Crippen molar-refractivity contribution in [1.82, 2.24) is 10.6 Å². The van der Waals surface area contributed by atoms with Crippen LogP contribution in [0.3, 0.4) is 0 Å². The minimum Gasteiger partial charge on any atom is -0.316 e. The van der Waals surface area contributed by atoms with Gasteiger partial charge in [-0.05, 0) is 179 Å². The maximum Gasteiger partial charge on any atom is 2.00 e. The van der Waals surface area contributed by atoms with Gasteiger partial charge in [-0.3, -0.25) is 0 Å². The van der Waals surface area contributed by atoms with Crippen LogP contribution in [-0.4, -0.2) is 36.5 Å². The van der Waals surface area contributed by atoms with Crippen LogP contribution >= 0.6 is 17.2 Å². The van der Waals surface area contributed by atoms with Crippen molar-refractivity contribution in [1.29, 1.82) is 0 Å². The predicted molar refractivity (Wildman–Crippen MR) is 190 cm³/mol. The minimum absolute atomic E-state index is 0. The Balaban J connectivity index is 0.000000460. The van der Waals surface area contributed by atoms with Crippen LogP contribution in [0.15, 0.2) is 48.5 Å². The Bertz CT molecular complexity index is 1120. The molecule has 0 spiro atoms. The molecule has 8 saturated carbocycles. The molecule has 246 valence electrons. The van der Waals surface area contributed by atoms with Crippen molar-refractivity contribution in [2.24, 2.45) is 47.3 Å². The molecule has 3 unspecified atom stereocenters. The van der Waals surface area contributed by atoms with Gasteiger partial charge in [-0.25, -0.2) is 18.2 Å². The smallest absolute Gasteiger partial charge is 0.316 e. The van der Waals surface area contributed by atoms with Gasteiger partial charge in [0, 0.05) is 0 Å². The second-order valence-electron chi connectivity index (χ2n) is 17.6. The molecular formula is C40H58FeN2P2. The second kappa shape index (κ2) is 12.7. The van der Waals surface area contributed by atoms with Crippen molar-refractivity contribution in [3.63, 3.8) is 0 Å². The number of hydrogen-bond acceptors (Lipinski definition) is 2. The second-order valence-corrected chi connectivity index (χ2v) is 21.6. The van der Waals surface area contributed by atoms with E-state index in [1.54, 1.807) is 82.6 Å². The van der Waals surface area contributed by atoms with Crippen LogP contribution in [-0.2, 0) is 28.4 Å². The summed E-state index contributed by atoms with van der Waals surface area (Å²) in [6.45, 7) is 4.85. The first-order valence-electron chi connectivity index (χ1n) is 18.9. The third kappa shape index (κ3) is 5.67. The maximum atomic E-state index is 3.77. The van der Waals surface area contributed by atoms with Gasteiger partial charge in [-0.15, -0.1) is 17.2 Å². The summed E-state index contributed by atoms with van der Waals surface area (Å²) in [7, 11) is 3.58. The summed E-state index contributed by atoms with van der Waals surface area (Å²) < 4.78 is 0. The van der Waals surface area contributed by atoms with E-state index in [4.69, 9.17) is 0 Å². The molecule has 10 aliphatic rings. The van der Waals surface area contributed by atoms with E-state index in [1.807, 2.05) is 35.9 Å². The van der Waals surface area contributed by atoms with Gasteiger partial charge in [0.15, 0.2) is 0 Å². The third-order valence-corrected chi connectivity index (χ3v) is 20.2. The summed E-state index contributed by atoms with van der Waals surface area (Å²) in [5, 5.41) is 9.26. The van der Waals surface area contributed by atoms with Gasteiger partial charge >= 0.3 is 17.1 Å². The minimum atomic E-state index is 0. The standard InChI is InChI=1S/C35H53N2P2.C5H5.Fe/c38-35(30-4-6-36-20-30,31-5-7-37-21-31)32-3-1-2-29(32)22-39(33-14-23-8-24(15-33)10-25(9-23)16-33)34-17-26-11-27(18-34)13-28(12-26)19-34;1-2-4-5-3-1;/h1-3,23-28,30-31,36-37H,4-22,38H2;1-5H;/q2*-1;+2. The van der Waals surface area contributed by atoms with Crippen molar-refractivity contribution < 1.29 is 17.1 Å². The summed E-state index contributed by atoms with van der Waals surface area (Å²) in [5.41, 5.74) is 3.60. The maximum absolute atomic E-state index is 3.77. The van der Waals surface area contributed by atoms with E-state index >= 15 is 0 Å². The average molecular weight is 685 g/mol. The number of nitrogens with one attached hydrogen (secondary N) is 2. The summed E-state index contributed by atoms with van der Waals surface area (Å²) in [6, 6.07) is 17.8. The molecular weight excluding hydrogens is 626 g/mol. The molecule has 0 aromatic heterocycles. The fraction of sp³-hybridized carbons (Fsp3) is 0.750. The van der Waals surface area contributed by atoms with Crippen LogP contribution in [0.2, 0.25) is 0 Å². The predicted octanol–water partition coefficient (Wildman–Crippen LogP) is 9.02. The summed E-state index contributed by atoms with van der Waals surface area (Å²) in [4.78, 5) is 0. The molecule has 0 radical (unpaired) electrons. The first-order chi connectivity index (χ1) is 21.5. The fourth-order valence-corrected chi connectivity index (χ4v) is 20.1. The van der Waals surface area contributed by atoms with Crippen LogP contribution in [0.1, 0.15) is 101 Å². The summed E-state index contributed by atoms with van der Waals surface area (Å²) in [5.74, 6) is 8.05. The molecule has 12 rings (SSSR count). The zero-order chi connectivity index (χ0) is 29.4. The molecule has 2 heterocycles. The molecule has 0 amide bonds. The zero-order valence-corrected chi connectivity index (χ0v) is 30.7. The van der Waals surface area contributed by atoms with Gasteiger partial charge < -0.3 is 10.6 Å². The molecule has 2 saturated heterocycles. The molecule has 3 atom stereocenters. The summed E-state index contributed by atoms with van der Waals surface area (Å²) >= 11 is 0. The van der Waals surface area contributed by atoms with Gasteiger partial charge in [0.25, 0.3) is 0 Å². The quantitative estimate of drug-likeness (QED) is 0.173. The first-order valence-corrected chi connectivity index (χ1v) is 21.0. The van der Waals surface area contributed by atoms with Crippen LogP contribution < -0.4 is 10.6 Å². The topological polar surface area (TPSA) is 24.1 Å². The Hall–Kier alpha value is -0.000519. The molecule has 2 aliphatic heterocycles. The third-order valence-electron chi connectivity index (χ3n) is 14.9. The molecule has 2 aromatic carbocycles. The van der Waals surface area contributed by atoms with Crippen molar-refractivity contribution in [3.05, 3.63) is 59.7 Å². The van der Waals surface area contributed by atoms with E-state index in [0.29, 0.717) is 0 Å². The summed E-state index contributed by atoms with van der Waals surface area (Å²) in [6.07, 6.45) is 23.6. The largest absolute Gasteiger partial charge is 2.00 e. The molecule has 2 nitrogen and oxygen atoms in total. The number of rotatable bonds is 7. The van der Waals surface area contributed by atoms with Crippen LogP contribution in [0.4, 0.5) is 0 Å². The van der Waals surface area contributed by atoms with Crippen LogP contribution in [0.5, 0.6) is 0 Å². The Kier molecular flexibility index (Phi) is 9.10. The van der Waals surface area contributed by atoms with Gasteiger partial charge in [0.05, 0.1) is 0 Å². The van der Waals surface area contributed by atoms with E-state index in [2.05, 4.69) is 38.1 Å². The number of hydrogen-bond donors (Lipinski definition) is 2. The van der Waals surface area contributed by atoms with E-state index in [9.17, 15) is 0 Å². The Morgan fingerprint density at radius 3 is 1.51 bits per heavy atom. The van der Waals surface area contributed by atoms with Crippen molar-refractivity contribution in [2.45, 2.75) is 112 Å². The molecule has 45 heavy (non-hydrogen) atoms. The van der Waals surface area contributed by atoms with Gasteiger partial charge in [0.2, 0.25) is 0 Å². The SMILES string of the molecule is PC(c1[cH-]ccc1CP(C12CC3CC(CC(C3)C1)C2)C12CC3CC(CC(C3)C1)C2)(C1CCNC1)C1CCNC1.[Fe+2].c1cc[cH-]c1. The Labute approximate surface area is 288 Å². The van der Waals surface area contributed by atoms with Crippen LogP contribution in [0, 0.1) is 47.3 Å². The van der Waals surface area contributed by atoms with E-state index < -0.39 is 0 Å². The first kappa shape index (κ1) is 32.2. The molecule has 8 bridgehead atoms.